The Morgan fingerprint density at radius 2 is 1.76 bits per heavy atom. The Morgan fingerprint density at radius 1 is 1.00 bits per heavy atom. The number of hydrogen-bond acceptors (Lipinski definition) is 4. The molecule has 5 heteroatoms. The van der Waals surface area contributed by atoms with E-state index < -0.39 is 0 Å². The largest absolute Gasteiger partial charge is 0.494 e. The maximum absolute atomic E-state index is 12.6. The predicted octanol–water partition coefficient (Wildman–Crippen LogP) is 3.45. The van der Waals surface area contributed by atoms with E-state index in [-0.39, 0.29) is 5.56 Å². The van der Waals surface area contributed by atoms with Crippen LogP contribution in [0.15, 0.2) is 59.5 Å². The van der Waals surface area contributed by atoms with Crippen molar-refractivity contribution in [1.82, 2.24) is 4.57 Å². The number of benzene rings is 2. The molecule has 0 fully saturated rings. The Bertz CT molecular complexity index is 901. The van der Waals surface area contributed by atoms with E-state index >= 15 is 0 Å². The summed E-state index contributed by atoms with van der Waals surface area (Å²) in [4.78, 5) is 12.6. The fraction of sp³-hybridized carbons (Fsp3) is 0.250. The zero-order valence-electron chi connectivity index (χ0n) is 14.3. The van der Waals surface area contributed by atoms with E-state index in [1.807, 2.05) is 49.5 Å². The number of nitrogen functional groups attached to an aromatic ring is 1. The minimum Gasteiger partial charge on any atom is -0.494 e. The zero-order valence-corrected chi connectivity index (χ0v) is 14.3. The maximum Gasteiger partial charge on any atom is 0.258 e. The third kappa shape index (κ3) is 4.12. The van der Waals surface area contributed by atoms with Crippen LogP contribution in [0.2, 0.25) is 0 Å². The first-order valence-electron chi connectivity index (χ1n) is 8.41. The van der Waals surface area contributed by atoms with E-state index in [4.69, 9.17) is 15.2 Å². The number of aromatic nitrogens is 1. The highest BCUT2D eigenvalue weighted by Crippen LogP contribution is 2.18. The second-order valence-corrected chi connectivity index (χ2v) is 5.77. The second-order valence-electron chi connectivity index (χ2n) is 5.77. The molecule has 0 saturated heterocycles. The van der Waals surface area contributed by atoms with Gasteiger partial charge in [0.2, 0.25) is 0 Å². The molecule has 0 amide bonds. The molecule has 0 aliphatic heterocycles. The summed E-state index contributed by atoms with van der Waals surface area (Å²) < 4.78 is 12.9. The standard InChI is InChI=1S/C20H22N2O3/c1-2-24-18-7-4-15-10-12-22(20(23)19(15)14-18)11-3-13-25-17-8-5-16(21)6-9-17/h4-10,12,14H,2-3,11,13,21H2,1H3. The van der Waals surface area contributed by atoms with Crippen LogP contribution in [-0.4, -0.2) is 17.8 Å². The average Bonchev–Trinajstić information content (AvgIpc) is 2.62. The number of nitrogens with two attached hydrogens (primary N) is 1. The van der Waals surface area contributed by atoms with Gasteiger partial charge in [0.05, 0.1) is 18.6 Å². The third-order valence-corrected chi connectivity index (χ3v) is 3.95. The number of rotatable bonds is 7. The fourth-order valence-corrected chi connectivity index (χ4v) is 2.68. The lowest BCUT2D eigenvalue weighted by molar-refractivity contribution is 0.301. The van der Waals surface area contributed by atoms with Gasteiger partial charge in [-0.25, -0.2) is 0 Å². The number of pyridine rings is 1. The topological polar surface area (TPSA) is 66.5 Å². The summed E-state index contributed by atoms with van der Waals surface area (Å²) in [7, 11) is 0. The van der Waals surface area contributed by atoms with Crippen LogP contribution in [0.1, 0.15) is 13.3 Å². The van der Waals surface area contributed by atoms with Crippen molar-refractivity contribution in [2.24, 2.45) is 0 Å². The molecule has 1 heterocycles. The first-order chi connectivity index (χ1) is 12.2. The first-order valence-corrected chi connectivity index (χ1v) is 8.41. The molecule has 2 aromatic carbocycles. The molecule has 0 unspecified atom stereocenters. The molecule has 3 rings (SSSR count). The molecule has 25 heavy (non-hydrogen) atoms. The summed E-state index contributed by atoms with van der Waals surface area (Å²) in [5.74, 6) is 1.50. The van der Waals surface area contributed by atoms with Crippen LogP contribution in [-0.2, 0) is 6.54 Å². The van der Waals surface area contributed by atoms with Crippen LogP contribution in [0, 0.1) is 0 Å². The molecule has 5 nitrogen and oxygen atoms in total. The van der Waals surface area contributed by atoms with Gasteiger partial charge >= 0.3 is 0 Å². The Kier molecular flexibility index (Phi) is 5.23. The van der Waals surface area contributed by atoms with Crippen molar-refractivity contribution < 1.29 is 9.47 Å². The van der Waals surface area contributed by atoms with E-state index in [9.17, 15) is 4.79 Å². The van der Waals surface area contributed by atoms with Crippen molar-refractivity contribution in [3.8, 4) is 11.5 Å². The summed E-state index contributed by atoms with van der Waals surface area (Å²) in [5, 5.41) is 1.59. The van der Waals surface area contributed by atoms with Crippen molar-refractivity contribution in [3.63, 3.8) is 0 Å². The van der Waals surface area contributed by atoms with Crippen LogP contribution < -0.4 is 20.8 Å². The molecular weight excluding hydrogens is 316 g/mol. The number of nitrogens with zero attached hydrogens (tertiary/aromatic N) is 1. The molecule has 1 aromatic heterocycles. The highest BCUT2D eigenvalue weighted by Gasteiger charge is 2.05. The molecule has 3 aromatic rings. The van der Waals surface area contributed by atoms with E-state index in [0.29, 0.717) is 30.8 Å². The van der Waals surface area contributed by atoms with Gasteiger partial charge in [0.1, 0.15) is 11.5 Å². The Balaban J connectivity index is 1.65. The lowest BCUT2D eigenvalue weighted by Crippen LogP contribution is -2.20. The Labute approximate surface area is 146 Å². The number of anilines is 1. The summed E-state index contributed by atoms with van der Waals surface area (Å²) in [6.07, 6.45) is 2.56. The van der Waals surface area contributed by atoms with Gasteiger partial charge < -0.3 is 19.8 Å². The normalized spacial score (nSPS) is 10.8. The average molecular weight is 338 g/mol. The summed E-state index contributed by atoms with van der Waals surface area (Å²) in [6, 6.07) is 14.8. The van der Waals surface area contributed by atoms with Crippen LogP contribution >= 0.6 is 0 Å². The highest BCUT2D eigenvalue weighted by atomic mass is 16.5. The lowest BCUT2D eigenvalue weighted by atomic mass is 10.1. The third-order valence-electron chi connectivity index (χ3n) is 3.95. The summed E-state index contributed by atoms with van der Waals surface area (Å²) in [5.41, 5.74) is 6.35. The van der Waals surface area contributed by atoms with Gasteiger partial charge in [-0.1, -0.05) is 6.07 Å². The van der Waals surface area contributed by atoms with Gasteiger partial charge in [-0.05, 0) is 61.2 Å². The summed E-state index contributed by atoms with van der Waals surface area (Å²) >= 11 is 0. The van der Waals surface area contributed by atoms with Crippen LogP contribution in [0.5, 0.6) is 11.5 Å². The molecule has 0 radical (unpaired) electrons. The maximum atomic E-state index is 12.6. The highest BCUT2D eigenvalue weighted by molar-refractivity contribution is 5.82. The number of aryl methyl sites for hydroxylation is 1. The number of hydrogen-bond donors (Lipinski definition) is 1. The van der Waals surface area contributed by atoms with Crippen LogP contribution in [0.25, 0.3) is 10.8 Å². The van der Waals surface area contributed by atoms with Gasteiger partial charge in [0, 0.05) is 18.4 Å². The zero-order chi connectivity index (χ0) is 17.6. The molecule has 2 N–H and O–H groups in total. The first kappa shape index (κ1) is 16.9. The summed E-state index contributed by atoms with van der Waals surface area (Å²) in [6.45, 7) is 3.64. The van der Waals surface area contributed by atoms with E-state index in [1.165, 1.54) is 0 Å². The monoisotopic (exact) mass is 338 g/mol. The molecule has 0 spiro atoms. The second kappa shape index (κ2) is 7.75. The minimum absolute atomic E-state index is 0.00784. The van der Waals surface area contributed by atoms with Crippen molar-refractivity contribution in [2.75, 3.05) is 18.9 Å². The fourth-order valence-electron chi connectivity index (χ4n) is 2.68. The Morgan fingerprint density at radius 3 is 2.52 bits per heavy atom. The van der Waals surface area contributed by atoms with Crippen molar-refractivity contribution in [2.45, 2.75) is 19.9 Å². The smallest absolute Gasteiger partial charge is 0.258 e. The Hall–Kier alpha value is -2.95. The SMILES string of the molecule is CCOc1ccc2ccn(CCCOc3ccc(N)cc3)c(=O)c2c1. The quantitative estimate of drug-likeness (QED) is 0.529. The molecule has 0 atom stereocenters. The van der Waals surface area contributed by atoms with Gasteiger partial charge in [0.15, 0.2) is 0 Å². The number of ether oxygens (including phenoxy) is 2. The van der Waals surface area contributed by atoms with Crippen molar-refractivity contribution in [3.05, 3.63) is 65.1 Å². The lowest BCUT2D eigenvalue weighted by Gasteiger charge is -2.10. The van der Waals surface area contributed by atoms with E-state index in [2.05, 4.69) is 0 Å². The molecular formula is C20H22N2O3. The minimum atomic E-state index is -0.00784. The van der Waals surface area contributed by atoms with Crippen molar-refractivity contribution >= 4 is 16.5 Å². The van der Waals surface area contributed by atoms with Gasteiger partial charge in [0.25, 0.3) is 5.56 Å². The molecule has 0 saturated carbocycles. The van der Waals surface area contributed by atoms with Gasteiger partial charge in [-0.2, -0.15) is 0 Å². The molecule has 0 aliphatic rings. The van der Waals surface area contributed by atoms with Gasteiger partial charge in [-0.3, -0.25) is 4.79 Å². The van der Waals surface area contributed by atoms with E-state index in [0.717, 1.165) is 23.3 Å². The van der Waals surface area contributed by atoms with Crippen LogP contribution in [0.3, 0.4) is 0 Å². The molecule has 0 bridgehead atoms. The molecule has 0 aliphatic carbocycles. The predicted molar refractivity (Wildman–Crippen MR) is 100 cm³/mol. The van der Waals surface area contributed by atoms with Crippen molar-refractivity contribution in [1.29, 1.82) is 0 Å². The van der Waals surface area contributed by atoms with E-state index in [1.54, 1.807) is 16.7 Å². The van der Waals surface area contributed by atoms with Crippen LogP contribution in [0.4, 0.5) is 5.69 Å². The number of fused-ring (bicyclic) bond motifs is 1. The molecule has 130 valence electrons. The van der Waals surface area contributed by atoms with Gasteiger partial charge in [-0.15, -0.1) is 0 Å².